The highest BCUT2D eigenvalue weighted by molar-refractivity contribution is 8.67. The Bertz CT molecular complexity index is 346. The molecular weight excluding hydrogens is 379 g/mol. The molecule has 8 heteroatoms. The summed E-state index contributed by atoms with van der Waals surface area (Å²) in [6, 6.07) is 0. The van der Waals surface area contributed by atoms with E-state index in [4.69, 9.17) is 16.3 Å². The van der Waals surface area contributed by atoms with Gasteiger partial charge in [0.2, 0.25) is 5.69 Å². The van der Waals surface area contributed by atoms with Crippen molar-refractivity contribution in [1.82, 2.24) is 0 Å². The Hall–Kier alpha value is 0.800. The fourth-order valence-electron chi connectivity index (χ4n) is 2.31. The summed E-state index contributed by atoms with van der Waals surface area (Å²) in [6.45, 7) is 0.835. The third-order valence-electron chi connectivity index (χ3n) is 4.29. The van der Waals surface area contributed by atoms with Gasteiger partial charge in [0, 0.05) is 5.75 Å². The van der Waals surface area contributed by atoms with E-state index in [1.165, 1.54) is 62.7 Å². The van der Waals surface area contributed by atoms with Gasteiger partial charge >= 0.3 is 0 Å². The van der Waals surface area contributed by atoms with Crippen molar-refractivity contribution >= 4 is 28.9 Å². The predicted molar refractivity (Wildman–Crippen MR) is 110 cm³/mol. The molecule has 0 heterocycles. The van der Waals surface area contributed by atoms with Crippen molar-refractivity contribution < 1.29 is 24.7 Å². The van der Waals surface area contributed by atoms with Crippen LogP contribution in [0.2, 0.25) is 0 Å². The normalized spacial score (nSPS) is 14.6. The molecule has 0 aromatic rings. The van der Waals surface area contributed by atoms with Gasteiger partial charge in [-0.2, -0.15) is 0 Å². The highest BCUT2D eigenvalue weighted by Crippen LogP contribution is 2.57. The number of unbranched alkanes of at least 4 members (excludes halogenated alkanes) is 9. The summed E-state index contributed by atoms with van der Waals surface area (Å²) in [5.74, 6) is 0.745. The zero-order chi connectivity index (χ0) is 19.0. The van der Waals surface area contributed by atoms with Crippen molar-refractivity contribution in [2.45, 2.75) is 71.1 Å². The van der Waals surface area contributed by atoms with Crippen molar-refractivity contribution in [3.05, 3.63) is 0 Å². The minimum absolute atomic E-state index is 0.144. The molecular formula is C17H37O5PS2. The number of rotatable bonds is 18. The molecule has 0 aliphatic heterocycles. The molecule has 25 heavy (non-hydrogen) atoms. The second-order valence-electron chi connectivity index (χ2n) is 6.73. The maximum absolute atomic E-state index is 10.1. The van der Waals surface area contributed by atoms with Gasteiger partial charge < -0.3 is 24.7 Å². The number of hydrogen-bond donors (Lipinski definition) is 4. The molecule has 152 valence electrons. The van der Waals surface area contributed by atoms with Gasteiger partial charge in [0.25, 0.3) is 0 Å². The summed E-state index contributed by atoms with van der Waals surface area (Å²) in [4.78, 5) is 10.1. The van der Waals surface area contributed by atoms with Crippen LogP contribution >= 0.6 is 17.1 Å². The summed E-state index contributed by atoms with van der Waals surface area (Å²) in [5, 5.41) is 27.7. The minimum Gasteiger partial charge on any atom is -0.396 e. The van der Waals surface area contributed by atoms with E-state index in [0.717, 1.165) is 18.6 Å². The molecule has 4 N–H and O–H groups in total. The zero-order valence-electron chi connectivity index (χ0n) is 15.6. The lowest BCUT2D eigenvalue weighted by Gasteiger charge is -2.28. The molecule has 0 rings (SSSR count). The lowest BCUT2D eigenvalue weighted by atomic mass is 9.93. The van der Waals surface area contributed by atoms with Crippen molar-refractivity contribution in [2.75, 3.05) is 32.2 Å². The van der Waals surface area contributed by atoms with Crippen LogP contribution in [0.1, 0.15) is 71.1 Å². The second-order valence-corrected chi connectivity index (χ2v) is 13.0. The summed E-state index contributed by atoms with van der Waals surface area (Å²) < 4.78 is 5.32. The summed E-state index contributed by atoms with van der Waals surface area (Å²) in [6.07, 6.45) is 12.6. The average Bonchev–Trinajstić information content (AvgIpc) is 2.61. The van der Waals surface area contributed by atoms with E-state index >= 15 is 0 Å². The number of aliphatic hydroxyl groups is 3. The summed E-state index contributed by atoms with van der Waals surface area (Å²) in [5.41, 5.74) is -4.14. The molecule has 0 amide bonds. The van der Waals surface area contributed by atoms with Crippen LogP contribution in [0.25, 0.3) is 0 Å². The molecule has 0 radical (unpaired) electrons. The SMILES string of the molecule is CCCCCCCCCCCCSP(O)(=S)OCC(CO)(CO)CO. The van der Waals surface area contributed by atoms with E-state index in [-0.39, 0.29) is 6.61 Å². The minimum atomic E-state index is -2.99. The van der Waals surface area contributed by atoms with Gasteiger partial charge in [0.15, 0.2) is 0 Å². The number of hydrogen-bond acceptors (Lipinski definition) is 6. The molecule has 5 nitrogen and oxygen atoms in total. The van der Waals surface area contributed by atoms with Crippen LogP contribution in [0.5, 0.6) is 0 Å². The quantitative estimate of drug-likeness (QED) is 0.199. The monoisotopic (exact) mass is 416 g/mol. The largest absolute Gasteiger partial charge is 0.396 e. The van der Waals surface area contributed by atoms with E-state index in [1.807, 2.05) is 0 Å². The molecule has 0 aliphatic carbocycles. The second kappa shape index (κ2) is 15.8. The first-order valence-electron chi connectivity index (χ1n) is 9.40. The third kappa shape index (κ3) is 13.6. The van der Waals surface area contributed by atoms with Crippen LogP contribution in [-0.4, -0.2) is 52.4 Å². The maximum atomic E-state index is 10.1. The Balaban J connectivity index is 3.67. The molecule has 0 bridgehead atoms. The van der Waals surface area contributed by atoms with Gasteiger partial charge in [-0.3, -0.25) is 0 Å². The van der Waals surface area contributed by atoms with Crippen LogP contribution < -0.4 is 0 Å². The molecule has 0 aliphatic rings. The highest BCUT2D eigenvalue weighted by Gasteiger charge is 2.31. The molecule has 0 saturated heterocycles. The summed E-state index contributed by atoms with van der Waals surface area (Å²) in [7, 11) is 0. The van der Waals surface area contributed by atoms with Crippen molar-refractivity contribution in [3.8, 4) is 0 Å². The van der Waals surface area contributed by atoms with E-state index in [2.05, 4.69) is 6.92 Å². The topological polar surface area (TPSA) is 90.2 Å². The fourth-order valence-corrected chi connectivity index (χ4v) is 5.68. The standard InChI is InChI=1S/C17H37O5PS2/c1-2-3-4-5-6-7-8-9-10-11-12-25-23(21,24)22-16-17(13-18,14-19)15-20/h18-20H,2-16H2,1H3,(H,21,24). The van der Waals surface area contributed by atoms with Crippen LogP contribution in [0, 0.1) is 5.41 Å². The van der Waals surface area contributed by atoms with Crippen molar-refractivity contribution in [3.63, 3.8) is 0 Å². The Labute approximate surface area is 162 Å². The first-order valence-corrected chi connectivity index (χ1v) is 13.7. The lowest BCUT2D eigenvalue weighted by molar-refractivity contribution is -0.0246. The average molecular weight is 417 g/mol. The first kappa shape index (κ1) is 25.8. The van der Waals surface area contributed by atoms with Gasteiger partial charge in [-0.25, -0.2) is 0 Å². The Morgan fingerprint density at radius 1 is 0.840 bits per heavy atom. The van der Waals surface area contributed by atoms with Crippen LogP contribution in [0.3, 0.4) is 0 Å². The van der Waals surface area contributed by atoms with Crippen molar-refractivity contribution in [2.24, 2.45) is 5.41 Å². The van der Waals surface area contributed by atoms with Gasteiger partial charge in [-0.1, -0.05) is 76.1 Å². The van der Waals surface area contributed by atoms with Gasteiger partial charge in [-0.05, 0) is 18.2 Å². The molecule has 0 spiro atoms. The maximum Gasteiger partial charge on any atom is 0.244 e. The molecule has 0 aromatic heterocycles. The van der Waals surface area contributed by atoms with E-state index in [1.54, 1.807) is 0 Å². The predicted octanol–water partition coefficient (Wildman–Crippen LogP) is 3.84. The Morgan fingerprint density at radius 3 is 1.72 bits per heavy atom. The zero-order valence-corrected chi connectivity index (χ0v) is 18.1. The summed E-state index contributed by atoms with van der Waals surface area (Å²) >= 11 is 6.33. The van der Waals surface area contributed by atoms with E-state index in [0.29, 0.717) is 0 Å². The van der Waals surface area contributed by atoms with E-state index < -0.39 is 30.9 Å². The van der Waals surface area contributed by atoms with Gasteiger partial charge in [0.1, 0.15) is 0 Å². The lowest BCUT2D eigenvalue weighted by Crippen LogP contribution is -2.38. The fraction of sp³-hybridized carbons (Fsp3) is 1.00. The Morgan fingerprint density at radius 2 is 1.28 bits per heavy atom. The molecule has 0 aromatic carbocycles. The van der Waals surface area contributed by atoms with Gasteiger partial charge in [-0.15, -0.1) is 0 Å². The number of aliphatic hydroxyl groups excluding tert-OH is 3. The molecule has 1 unspecified atom stereocenters. The Kier molecular flexibility index (Phi) is 16.3. The highest BCUT2D eigenvalue weighted by atomic mass is 32.9. The van der Waals surface area contributed by atoms with E-state index in [9.17, 15) is 20.2 Å². The first-order chi connectivity index (χ1) is 11.9. The van der Waals surface area contributed by atoms with Crippen molar-refractivity contribution in [1.29, 1.82) is 0 Å². The smallest absolute Gasteiger partial charge is 0.244 e. The van der Waals surface area contributed by atoms with Crippen LogP contribution in [0.15, 0.2) is 0 Å². The molecule has 0 saturated carbocycles. The van der Waals surface area contributed by atoms with Crippen LogP contribution in [0.4, 0.5) is 0 Å². The van der Waals surface area contributed by atoms with Gasteiger partial charge in [0.05, 0.1) is 31.8 Å². The third-order valence-corrected chi connectivity index (χ3v) is 8.65. The van der Waals surface area contributed by atoms with Crippen LogP contribution in [-0.2, 0) is 16.3 Å². The molecule has 1 atom stereocenters. The molecule has 0 fully saturated rings.